The van der Waals surface area contributed by atoms with Crippen LogP contribution in [0.2, 0.25) is 10.0 Å². The summed E-state index contributed by atoms with van der Waals surface area (Å²) in [4.78, 5) is 12.3. The molecule has 0 spiro atoms. The van der Waals surface area contributed by atoms with Crippen LogP contribution in [0.1, 0.15) is 13.3 Å². The van der Waals surface area contributed by atoms with Crippen LogP contribution in [0.5, 0.6) is 0 Å². The van der Waals surface area contributed by atoms with Gasteiger partial charge in [-0.25, -0.2) is 4.39 Å². The first-order valence-corrected chi connectivity index (χ1v) is 7.55. The van der Waals surface area contributed by atoms with E-state index in [0.29, 0.717) is 13.2 Å². The highest BCUT2D eigenvalue weighted by Crippen LogP contribution is 2.32. The number of benzene rings is 1. The molecule has 1 aromatic rings. The number of carbonyl (C=O) groups excluding carboxylic acids is 1. The molecular formula is C14H17Cl2FN2O2. The molecule has 1 aliphatic heterocycles. The number of nitrogens with one attached hydrogen (secondary N) is 2. The highest BCUT2D eigenvalue weighted by molar-refractivity contribution is 6.39. The van der Waals surface area contributed by atoms with Crippen molar-refractivity contribution >= 4 is 34.8 Å². The number of carbonyl (C=O) groups is 1. The van der Waals surface area contributed by atoms with E-state index >= 15 is 0 Å². The van der Waals surface area contributed by atoms with Crippen molar-refractivity contribution < 1.29 is 13.9 Å². The summed E-state index contributed by atoms with van der Waals surface area (Å²) in [5.41, 5.74) is 0.228. The molecule has 0 aromatic heterocycles. The van der Waals surface area contributed by atoms with Gasteiger partial charge in [-0.1, -0.05) is 30.1 Å². The van der Waals surface area contributed by atoms with Crippen molar-refractivity contribution in [1.29, 1.82) is 0 Å². The third-order valence-corrected chi connectivity index (χ3v) is 3.93. The van der Waals surface area contributed by atoms with E-state index < -0.39 is 5.82 Å². The van der Waals surface area contributed by atoms with Crippen molar-refractivity contribution in [3.63, 3.8) is 0 Å². The van der Waals surface area contributed by atoms with E-state index in [2.05, 4.69) is 17.6 Å². The standard InChI is InChI=1S/C14H17Cl2FN2O2/c1-2-3-18-12-7-21-6-9(12)14(20)19-13-10(15)4-8(17)5-11(13)16/h4-5,9,12,18H,2-3,6-7H2,1H3,(H,19,20). The van der Waals surface area contributed by atoms with Gasteiger partial charge in [0, 0.05) is 6.04 Å². The smallest absolute Gasteiger partial charge is 0.231 e. The van der Waals surface area contributed by atoms with Gasteiger partial charge in [0.15, 0.2) is 0 Å². The number of halogens is 3. The number of rotatable bonds is 5. The first kappa shape index (κ1) is 16.5. The van der Waals surface area contributed by atoms with Gasteiger partial charge in [0.25, 0.3) is 0 Å². The second kappa shape index (κ2) is 7.40. The van der Waals surface area contributed by atoms with E-state index in [-0.39, 0.29) is 33.6 Å². The van der Waals surface area contributed by atoms with Crippen LogP contribution in [-0.4, -0.2) is 31.7 Å². The van der Waals surface area contributed by atoms with Crippen molar-refractivity contribution in [3.05, 3.63) is 28.0 Å². The Bertz CT molecular complexity index is 505. The summed E-state index contributed by atoms with van der Waals surface area (Å²) in [6.07, 6.45) is 0.973. The maximum Gasteiger partial charge on any atom is 0.231 e. The Labute approximate surface area is 132 Å². The lowest BCUT2D eigenvalue weighted by molar-refractivity contribution is -0.120. The van der Waals surface area contributed by atoms with Crippen LogP contribution in [0, 0.1) is 11.7 Å². The summed E-state index contributed by atoms with van der Waals surface area (Å²) >= 11 is 11.8. The molecule has 0 radical (unpaired) electrons. The molecule has 2 unspecified atom stereocenters. The van der Waals surface area contributed by atoms with Gasteiger partial charge in [0.05, 0.1) is 34.9 Å². The quantitative estimate of drug-likeness (QED) is 0.869. The first-order valence-electron chi connectivity index (χ1n) is 6.79. The normalized spacial score (nSPS) is 21.5. The topological polar surface area (TPSA) is 50.4 Å². The summed E-state index contributed by atoms with van der Waals surface area (Å²) in [6, 6.07) is 2.19. The zero-order chi connectivity index (χ0) is 15.4. The van der Waals surface area contributed by atoms with E-state index in [9.17, 15) is 9.18 Å². The van der Waals surface area contributed by atoms with Gasteiger partial charge >= 0.3 is 0 Å². The monoisotopic (exact) mass is 334 g/mol. The predicted octanol–water partition coefficient (Wildman–Crippen LogP) is 3.09. The molecule has 1 fully saturated rings. The van der Waals surface area contributed by atoms with Crippen LogP contribution >= 0.6 is 23.2 Å². The lowest BCUT2D eigenvalue weighted by Crippen LogP contribution is -2.41. The maximum absolute atomic E-state index is 13.1. The molecule has 7 heteroatoms. The number of anilines is 1. The molecule has 4 nitrogen and oxygen atoms in total. The van der Waals surface area contributed by atoms with Crippen molar-refractivity contribution in [3.8, 4) is 0 Å². The van der Waals surface area contributed by atoms with Crippen molar-refractivity contribution in [2.24, 2.45) is 5.92 Å². The molecule has 21 heavy (non-hydrogen) atoms. The van der Waals surface area contributed by atoms with Gasteiger partial charge < -0.3 is 15.4 Å². The fraction of sp³-hybridized carbons (Fsp3) is 0.500. The highest BCUT2D eigenvalue weighted by atomic mass is 35.5. The third-order valence-electron chi connectivity index (χ3n) is 3.33. The molecule has 2 atom stereocenters. The molecule has 2 rings (SSSR count). The Morgan fingerprint density at radius 2 is 2.05 bits per heavy atom. The minimum atomic E-state index is -0.547. The van der Waals surface area contributed by atoms with Gasteiger partial charge in [-0.15, -0.1) is 0 Å². The molecular weight excluding hydrogens is 318 g/mol. The predicted molar refractivity (Wildman–Crippen MR) is 81.4 cm³/mol. The first-order chi connectivity index (χ1) is 10.0. The summed E-state index contributed by atoms with van der Waals surface area (Å²) in [5, 5.41) is 6.09. The van der Waals surface area contributed by atoms with E-state index in [4.69, 9.17) is 27.9 Å². The largest absolute Gasteiger partial charge is 0.379 e. The van der Waals surface area contributed by atoms with Crippen LogP contribution in [0.25, 0.3) is 0 Å². The molecule has 0 aliphatic carbocycles. The third kappa shape index (κ3) is 4.07. The summed E-state index contributed by atoms with van der Waals surface area (Å²) < 4.78 is 18.5. The summed E-state index contributed by atoms with van der Waals surface area (Å²) in [6.45, 7) is 3.69. The number of hydrogen-bond donors (Lipinski definition) is 2. The average molecular weight is 335 g/mol. The Morgan fingerprint density at radius 3 is 2.67 bits per heavy atom. The Kier molecular flexibility index (Phi) is 5.81. The number of amides is 1. The van der Waals surface area contributed by atoms with Crippen LogP contribution < -0.4 is 10.6 Å². The van der Waals surface area contributed by atoms with Gasteiger partial charge in [-0.3, -0.25) is 4.79 Å². The second-order valence-corrected chi connectivity index (χ2v) is 5.75. The van der Waals surface area contributed by atoms with Crippen LogP contribution in [0.4, 0.5) is 10.1 Å². The minimum Gasteiger partial charge on any atom is -0.379 e. The zero-order valence-electron chi connectivity index (χ0n) is 11.6. The molecule has 1 aliphatic rings. The van der Waals surface area contributed by atoms with Crippen LogP contribution in [-0.2, 0) is 9.53 Å². The van der Waals surface area contributed by atoms with E-state index in [1.54, 1.807) is 0 Å². The van der Waals surface area contributed by atoms with Crippen LogP contribution in [0.15, 0.2) is 12.1 Å². The van der Waals surface area contributed by atoms with Crippen molar-refractivity contribution in [2.45, 2.75) is 19.4 Å². The van der Waals surface area contributed by atoms with E-state index in [0.717, 1.165) is 25.1 Å². The van der Waals surface area contributed by atoms with Crippen molar-refractivity contribution in [1.82, 2.24) is 5.32 Å². The Balaban J connectivity index is 2.07. The molecule has 0 saturated carbocycles. The van der Waals surface area contributed by atoms with E-state index in [1.807, 2.05) is 0 Å². The lowest BCUT2D eigenvalue weighted by Gasteiger charge is -2.19. The van der Waals surface area contributed by atoms with Gasteiger partial charge in [-0.2, -0.15) is 0 Å². The van der Waals surface area contributed by atoms with Crippen molar-refractivity contribution in [2.75, 3.05) is 25.1 Å². The fourth-order valence-corrected chi connectivity index (χ4v) is 2.78. The Hall–Kier alpha value is -0.880. The second-order valence-electron chi connectivity index (χ2n) is 4.94. The molecule has 0 bridgehead atoms. The lowest BCUT2D eigenvalue weighted by atomic mass is 10.0. The average Bonchev–Trinajstić information content (AvgIpc) is 2.88. The Morgan fingerprint density at radius 1 is 1.38 bits per heavy atom. The maximum atomic E-state index is 13.1. The van der Waals surface area contributed by atoms with Gasteiger partial charge in [0.2, 0.25) is 5.91 Å². The van der Waals surface area contributed by atoms with Gasteiger partial charge in [-0.05, 0) is 25.1 Å². The zero-order valence-corrected chi connectivity index (χ0v) is 13.1. The molecule has 1 saturated heterocycles. The number of ether oxygens (including phenoxy) is 1. The molecule has 1 aromatic carbocycles. The minimum absolute atomic E-state index is 0.0389. The summed E-state index contributed by atoms with van der Waals surface area (Å²) in [7, 11) is 0. The fourth-order valence-electron chi connectivity index (χ4n) is 2.22. The molecule has 1 amide bonds. The molecule has 1 heterocycles. The highest BCUT2D eigenvalue weighted by Gasteiger charge is 2.34. The number of hydrogen-bond acceptors (Lipinski definition) is 3. The molecule has 2 N–H and O–H groups in total. The summed E-state index contributed by atoms with van der Waals surface area (Å²) in [5.74, 6) is -1.11. The van der Waals surface area contributed by atoms with Crippen LogP contribution in [0.3, 0.4) is 0 Å². The SMILES string of the molecule is CCCNC1COCC1C(=O)Nc1c(Cl)cc(F)cc1Cl. The molecule has 116 valence electrons. The van der Waals surface area contributed by atoms with E-state index in [1.165, 1.54) is 0 Å². The van der Waals surface area contributed by atoms with Gasteiger partial charge in [0.1, 0.15) is 5.82 Å².